The zero-order chi connectivity index (χ0) is 46.8. The third-order valence-electron chi connectivity index (χ3n) is 10.1. The molecule has 0 saturated carbocycles. The molecule has 0 aliphatic rings. The van der Waals surface area contributed by atoms with Gasteiger partial charge >= 0.3 is 0 Å². The summed E-state index contributed by atoms with van der Waals surface area (Å²) in [5, 5.41) is 19.4. The predicted molar refractivity (Wildman–Crippen MR) is 250 cm³/mol. The molecular formula is C43H55BrN12O7S. The van der Waals surface area contributed by atoms with Gasteiger partial charge in [-0.2, -0.15) is 0 Å². The summed E-state index contributed by atoms with van der Waals surface area (Å²) in [4.78, 5) is 92.8. The number of nitrogens with zero attached hydrogens (tertiary/aromatic N) is 5. The number of rotatable bonds is 20. The molecule has 0 spiro atoms. The number of amides is 7. The van der Waals surface area contributed by atoms with E-state index in [1.165, 1.54) is 29.5 Å². The topological polar surface area (TPSA) is 227 Å². The van der Waals surface area contributed by atoms with E-state index < -0.39 is 29.5 Å². The van der Waals surface area contributed by atoms with E-state index in [9.17, 15) is 33.6 Å². The number of carbonyl (C=O) groups is 7. The van der Waals surface area contributed by atoms with Gasteiger partial charge in [-0.05, 0) is 80.0 Å². The van der Waals surface area contributed by atoms with Crippen LogP contribution in [0.4, 0.5) is 22.7 Å². The predicted octanol–water partition coefficient (Wildman–Crippen LogP) is 4.74. The first-order chi connectivity index (χ1) is 30.3. The Morgan fingerprint density at radius 1 is 0.531 bits per heavy atom. The van der Waals surface area contributed by atoms with Crippen LogP contribution in [0, 0.1) is 0 Å². The zero-order valence-corrected chi connectivity index (χ0v) is 39.5. The van der Waals surface area contributed by atoms with Crippen LogP contribution in [-0.4, -0.2) is 103 Å². The highest BCUT2D eigenvalue weighted by Crippen LogP contribution is 2.24. The first-order valence-electron chi connectivity index (χ1n) is 20.5. The number of carbonyl (C=O) groups excluding carboxylic acids is 7. The highest BCUT2D eigenvalue weighted by Gasteiger charge is 2.20. The van der Waals surface area contributed by atoms with Crippen molar-refractivity contribution >= 4 is 91.4 Å². The van der Waals surface area contributed by atoms with Crippen LogP contribution in [0.15, 0.2) is 65.0 Å². The van der Waals surface area contributed by atoms with Gasteiger partial charge in [0.25, 0.3) is 29.5 Å². The van der Waals surface area contributed by atoms with Crippen molar-refractivity contribution in [2.24, 2.45) is 28.2 Å². The van der Waals surface area contributed by atoms with Crippen molar-refractivity contribution in [2.45, 2.75) is 52.6 Å². The standard InChI is InChI=1S/C43H55BrN12O7S/c1-25(2)56(26(3)4)16-15-45-37(57)11-13-46-39(59)31-18-28(22-52(31)5)49-41(61)33-17-27(21-54(33)7)48-38(58)12-14-47-40(60)32-19-29(23-53(32)6)50-42(62)34-20-30(24-55(34)8)51-43(63)35-9-10-36(44)64-35/h9-10,17-26H,11-16H2,1-8H3,(H,45,57)(H,46,59)(H,47,60)(H,48,58)(H,49,61)(H,50,62)(H,51,63). The molecule has 0 radical (unpaired) electrons. The largest absolute Gasteiger partial charge is 0.355 e. The Kier molecular flexibility index (Phi) is 16.5. The molecule has 342 valence electrons. The van der Waals surface area contributed by atoms with Gasteiger partial charge in [-0.1, -0.05) is 0 Å². The molecule has 0 aliphatic heterocycles. The minimum atomic E-state index is -0.475. The lowest BCUT2D eigenvalue weighted by atomic mass is 10.2. The highest BCUT2D eigenvalue weighted by atomic mass is 79.9. The SMILES string of the molecule is CC(C)N(CCNC(=O)CCNC(=O)c1cc(NC(=O)c2cc(NC(=O)CCNC(=O)c3cc(NC(=O)c4cc(NC(=O)c5ccc(Br)s5)cn4C)cn3C)cn2C)cn1C)C(C)C. The van der Waals surface area contributed by atoms with Crippen LogP contribution in [0.2, 0.25) is 0 Å². The van der Waals surface area contributed by atoms with Crippen molar-refractivity contribution in [2.75, 3.05) is 47.4 Å². The minimum Gasteiger partial charge on any atom is -0.355 e. The van der Waals surface area contributed by atoms with Crippen molar-refractivity contribution in [3.05, 3.63) is 92.6 Å². The fourth-order valence-corrected chi connectivity index (χ4v) is 8.24. The van der Waals surface area contributed by atoms with Crippen LogP contribution in [-0.2, 0) is 37.8 Å². The van der Waals surface area contributed by atoms with E-state index in [0.29, 0.717) is 46.3 Å². The third kappa shape index (κ3) is 13.0. The molecule has 5 aromatic heterocycles. The molecule has 0 aliphatic carbocycles. The van der Waals surface area contributed by atoms with Gasteiger partial charge in [-0.25, -0.2) is 0 Å². The molecule has 21 heteroatoms. The minimum absolute atomic E-state index is 0.00480. The summed E-state index contributed by atoms with van der Waals surface area (Å²) in [6, 6.07) is 10.3. The van der Waals surface area contributed by atoms with Crippen molar-refractivity contribution < 1.29 is 33.6 Å². The summed E-state index contributed by atoms with van der Waals surface area (Å²) in [5.74, 6) is -2.65. The molecule has 5 aromatic rings. The summed E-state index contributed by atoms with van der Waals surface area (Å²) >= 11 is 4.63. The third-order valence-corrected chi connectivity index (χ3v) is 11.7. The smallest absolute Gasteiger partial charge is 0.272 e. The van der Waals surface area contributed by atoms with Crippen molar-refractivity contribution in [1.82, 2.24) is 39.1 Å². The maximum Gasteiger partial charge on any atom is 0.272 e. The lowest BCUT2D eigenvalue weighted by Crippen LogP contribution is -2.42. The van der Waals surface area contributed by atoms with E-state index in [-0.39, 0.29) is 60.5 Å². The maximum atomic E-state index is 13.2. The number of halogens is 1. The van der Waals surface area contributed by atoms with E-state index in [2.05, 4.69) is 85.7 Å². The molecule has 5 rings (SSSR count). The Bertz CT molecular complexity index is 2520. The van der Waals surface area contributed by atoms with Crippen molar-refractivity contribution in [3.8, 4) is 0 Å². The van der Waals surface area contributed by atoms with Gasteiger partial charge < -0.3 is 55.5 Å². The Labute approximate surface area is 383 Å². The molecule has 7 amide bonds. The molecule has 0 saturated heterocycles. The normalized spacial score (nSPS) is 11.2. The van der Waals surface area contributed by atoms with E-state index in [1.807, 2.05) is 0 Å². The van der Waals surface area contributed by atoms with E-state index in [1.54, 1.807) is 89.4 Å². The second-order valence-electron chi connectivity index (χ2n) is 15.7. The van der Waals surface area contributed by atoms with E-state index in [0.717, 1.165) is 10.3 Å². The van der Waals surface area contributed by atoms with Crippen LogP contribution >= 0.6 is 27.3 Å². The zero-order valence-electron chi connectivity index (χ0n) is 37.1. The van der Waals surface area contributed by atoms with Crippen LogP contribution in [0.3, 0.4) is 0 Å². The molecule has 0 bridgehead atoms. The number of nitrogens with one attached hydrogen (secondary N) is 7. The van der Waals surface area contributed by atoms with Crippen LogP contribution in [0.25, 0.3) is 0 Å². The number of hydrogen-bond donors (Lipinski definition) is 7. The van der Waals surface area contributed by atoms with Gasteiger partial charge in [0.05, 0.1) is 31.4 Å². The molecule has 64 heavy (non-hydrogen) atoms. The highest BCUT2D eigenvalue weighted by molar-refractivity contribution is 9.11. The second kappa shape index (κ2) is 21.8. The van der Waals surface area contributed by atoms with Crippen molar-refractivity contribution in [1.29, 1.82) is 0 Å². The van der Waals surface area contributed by atoms with Crippen LogP contribution < -0.4 is 37.2 Å². The summed E-state index contributed by atoms with van der Waals surface area (Å²) in [7, 11) is 6.64. The Morgan fingerprint density at radius 3 is 1.33 bits per heavy atom. The van der Waals surface area contributed by atoms with Gasteiger partial charge in [0.15, 0.2) is 0 Å². The van der Waals surface area contributed by atoms with Crippen LogP contribution in [0.5, 0.6) is 0 Å². The molecule has 0 atom stereocenters. The van der Waals surface area contributed by atoms with E-state index >= 15 is 0 Å². The summed E-state index contributed by atoms with van der Waals surface area (Å²) in [6.07, 6.45) is 6.43. The van der Waals surface area contributed by atoms with Gasteiger partial charge in [0.1, 0.15) is 22.8 Å². The van der Waals surface area contributed by atoms with E-state index in [4.69, 9.17) is 0 Å². The monoisotopic (exact) mass is 962 g/mol. The fourth-order valence-electron chi connectivity index (χ4n) is 6.96. The number of aromatic nitrogens is 4. The Hall–Kier alpha value is -6.45. The Balaban J connectivity index is 1.04. The first-order valence-corrected chi connectivity index (χ1v) is 22.1. The summed E-state index contributed by atoms with van der Waals surface area (Å²) < 4.78 is 7.06. The van der Waals surface area contributed by atoms with Crippen LogP contribution in [0.1, 0.15) is 92.2 Å². The average Bonchev–Trinajstić information content (AvgIpc) is 4.05. The van der Waals surface area contributed by atoms with Gasteiger partial charge in [0, 0.05) is 104 Å². The number of aryl methyl sites for hydroxylation is 4. The maximum absolute atomic E-state index is 13.2. The number of hydrogen-bond acceptors (Lipinski definition) is 9. The quantitative estimate of drug-likeness (QED) is 0.0576. The number of anilines is 4. The van der Waals surface area contributed by atoms with Gasteiger partial charge in [-0.3, -0.25) is 38.5 Å². The van der Waals surface area contributed by atoms with Gasteiger partial charge in [-0.15, -0.1) is 11.3 Å². The second-order valence-corrected chi connectivity index (χ2v) is 18.2. The summed E-state index contributed by atoms with van der Waals surface area (Å²) in [6.45, 7) is 9.86. The summed E-state index contributed by atoms with van der Waals surface area (Å²) in [5.41, 5.74) is 2.61. The molecule has 19 nitrogen and oxygen atoms in total. The molecular weight excluding hydrogens is 909 g/mol. The van der Waals surface area contributed by atoms with Crippen molar-refractivity contribution in [3.63, 3.8) is 0 Å². The molecule has 0 unspecified atom stereocenters. The lowest BCUT2D eigenvalue weighted by Gasteiger charge is -2.30. The fraction of sp³-hybridized carbons (Fsp3) is 0.372. The van der Waals surface area contributed by atoms with Gasteiger partial charge in [0.2, 0.25) is 11.8 Å². The molecule has 0 aromatic carbocycles. The lowest BCUT2D eigenvalue weighted by molar-refractivity contribution is -0.121. The average molecular weight is 964 g/mol. The molecule has 7 N–H and O–H groups in total. The number of thiophene rings is 1. The first kappa shape index (κ1) is 48.6. The molecule has 5 heterocycles. The molecule has 0 fully saturated rings. The Morgan fingerprint density at radius 2 is 0.922 bits per heavy atom.